The lowest BCUT2D eigenvalue weighted by molar-refractivity contribution is -0.122. The van der Waals surface area contributed by atoms with E-state index >= 15 is 0 Å². The maximum absolute atomic E-state index is 11.8. The molecule has 0 aliphatic rings. The van der Waals surface area contributed by atoms with Gasteiger partial charge in [0.2, 0.25) is 11.8 Å². The fourth-order valence-corrected chi connectivity index (χ4v) is 4.19. The Kier molecular flexibility index (Phi) is 12.4. The molecule has 0 bridgehead atoms. The Morgan fingerprint density at radius 3 is 1.11 bits per heavy atom. The van der Waals surface area contributed by atoms with Gasteiger partial charge in [-0.3, -0.25) is 9.59 Å². The van der Waals surface area contributed by atoms with Crippen LogP contribution < -0.4 is 10.6 Å². The molecule has 4 aromatic carbocycles. The van der Waals surface area contributed by atoms with Crippen LogP contribution in [-0.4, -0.2) is 11.8 Å². The van der Waals surface area contributed by atoms with Crippen molar-refractivity contribution in [2.45, 2.75) is 36.7 Å². The van der Waals surface area contributed by atoms with Crippen molar-refractivity contribution in [2.24, 2.45) is 0 Å². The van der Waals surface area contributed by atoms with Crippen molar-refractivity contribution < 1.29 is 9.59 Å². The second-order valence-electron chi connectivity index (χ2n) is 8.69. The Hall–Kier alpha value is -3.60. The van der Waals surface area contributed by atoms with Gasteiger partial charge < -0.3 is 10.6 Å². The number of halogens is 2. The highest BCUT2D eigenvalue weighted by atomic mass is 35.5. The van der Waals surface area contributed by atoms with E-state index in [4.69, 9.17) is 23.2 Å². The van der Waals surface area contributed by atoms with E-state index in [2.05, 4.69) is 10.6 Å². The van der Waals surface area contributed by atoms with Gasteiger partial charge in [0.05, 0.1) is 10.8 Å². The molecular formula is C32H32Cl2N2O2. The van der Waals surface area contributed by atoms with Gasteiger partial charge >= 0.3 is 0 Å². The first-order valence-corrected chi connectivity index (χ1v) is 13.4. The third-order valence-corrected chi connectivity index (χ3v) is 6.53. The molecule has 2 atom stereocenters. The van der Waals surface area contributed by atoms with E-state index in [1.807, 2.05) is 121 Å². The monoisotopic (exact) mass is 546 g/mol. The van der Waals surface area contributed by atoms with Gasteiger partial charge in [-0.1, -0.05) is 121 Å². The SMILES string of the molecule is O=C(C[C@@H](Cl)c1ccccc1)NCc1ccccc1.O=C(C[C@@H](Cl)c1ccccc1)NCc1ccccc1. The summed E-state index contributed by atoms with van der Waals surface area (Å²) in [7, 11) is 0. The summed E-state index contributed by atoms with van der Waals surface area (Å²) in [5.41, 5.74) is 4.11. The second-order valence-corrected chi connectivity index (χ2v) is 9.74. The minimum Gasteiger partial charge on any atom is -0.352 e. The normalized spacial score (nSPS) is 11.8. The van der Waals surface area contributed by atoms with Crippen molar-refractivity contribution in [3.63, 3.8) is 0 Å². The summed E-state index contributed by atoms with van der Waals surface area (Å²) in [4.78, 5) is 23.6. The molecule has 38 heavy (non-hydrogen) atoms. The van der Waals surface area contributed by atoms with Gasteiger partial charge in [-0.25, -0.2) is 0 Å². The van der Waals surface area contributed by atoms with Crippen molar-refractivity contribution in [3.05, 3.63) is 144 Å². The number of benzene rings is 4. The van der Waals surface area contributed by atoms with Crippen molar-refractivity contribution in [1.29, 1.82) is 0 Å². The molecule has 0 aliphatic carbocycles. The highest BCUT2D eigenvalue weighted by Crippen LogP contribution is 2.24. The molecule has 0 fully saturated rings. The zero-order chi connectivity index (χ0) is 27.0. The molecule has 2 N–H and O–H groups in total. The largest absolute Gasteiger partial charge is 0.352 e. The maximum atomic E-state index is 11.8. The van der Waals surface area contributed by atoms with Crippen LogP contribution >= 0.6 is 23.2 Å². The zero-order valence-electron chi connectivity index (χ0n) is 21.1. The first-order valence-electron chi connectivity index (χ1n) is 12.5. The van der Waals surface area contributed by atoms with Crippen LogP contribution in [0.25, 0.3) is 0 Å². The Morgan fingerprint density at radius 2 is 0.789 bits per heavy atom. The van der Waals surface area contributed by atoms with Crippen molar-refractivity contribution in [1.82, 2.24) is 10.6 Å². The number of nitrogens with one attached hydrogen (secondary N) is 2. The second kappa shape index (κ2) is 16.3. The highest BCUT2D eigenvalue weighted by Gasteiger charge is 2.13. The molecular weight excluding hydrogens is 515 g/mol. The number of amides is 2. The molecule has 0 saturated carbocycles. The fourth-order valence-electron chi connectivity index (χ4n) is 3.62. The zero-order valence-corrected chi connectivity index (χ0v) is 22.6. The van der Waals surface area contributed by atoms with Gasteiger partial charge in [0, 0.05) is 25.9 Å². The van der Waals surface area contributed by atoms with Crippen LogP contribution in [0.15, 0.2) is 121 Å². The summed E-state index contributed by atoms with van der Waals surface area (Å²) in [6, 6.07) is 38.9. The molecule has 196 valence electrons. The van der Waals surface area contributed by atoms with E-state index < -0.39 is 0 Å². The van der Waals surface area contributed by atoms with Crippen molar-refractivity contribution in [2.75, 3.05) is 0 Å². The molecule has 4 nitrogen and oxygen atoms in total. The molecule has 4 aromatic rings. The molecule has 2 amide bonds. The van der Waals surface area contributed by atoms with Crippen LogP contribution in [-0.2, 0) is 22.7 Å². The van der Waals surface area contributed by atoms with Gasteiger partial charge in [-0.2, -0.15) is 0 Å². The van der Waals surface area contributed by atoms with Gasteiger partial charge in [-0.05, 0) is 22.3 Å². The van der Waals surface area contributed by atoms with E-state index in [1.165, 1.54) is 0 Å². The summed E-state index contributed by atoms with van der Waals surface area (Å²) in [6.45, 7) is 1.08. The van der Waals surface area contributed by atoms with Crippen LogP contribution in [0.3, 0.4) is 0 Å². The van der Waals surface area contributed by atoms with E-state index in [9.17, 15) is 9.59 Å². The molecule has 0 spiro atoms. The van der Waals surface area contributed by atoms with Gasteiger partial charge in [0.1, 0.15) is 0 Å². The molecule has 4 rings (SSSR count). The third kappa shape index (κ3) is 10.8. The van der Waals surface area contributed by atoms with Crippen LogP contribution in [0, 0.1) is 0 Å². The van der Waals surface area contributed by atoms with E-state index in [1.54, 1.807) is 0 Å². The Bertz CT molecular complexity index is 1120. The highest BCUT2D eigenvalue weighted by molar-refractivity contribution is 6.22. The average molecular weight is 548 g/mol. The van der Waals surface area contributed by atoms with Gasteiger partial charge in [-0.15, -0.1) is 23.2 Å². The summed E-state index contributed by atoms with van der Waals surface area (Å²) in [5, 5.41) is 5.19. The predicted octanol–water partition coefficient (Wildman–Crippen LogP) is 7.35. The molecule has 0 unspecified atom stereocenters. The lowest BCUT2D eigenvalue weighted by Crippen LogP contribution is -2.23. The van der Waals surface area contributed by atoms with Crippen LogP contribution in [0.2, 0.25) is 0 Å². The van der Waals surface area contributed by atoms with Crippen LogP contribution in [0.1, 0.15) is 45.8 Å². The van der Waals surface area contributed by atoms with Crippen LogP contribution in [0.4, 0.5) is 0 Å². The smallest absolute Gasteiger partial charge is 0.222 e. The molecule has 0 heterocycles. The maximum Gasteiger partial charge on any atom is 0.222 e. The number of alkyl halides is 2. The number of rotatable bonds is 10. The summed E-state index contributed by atoms with van der Waals surface area (Å²) in [6.07, 6.45) is 0.580. The minimum absolute atomic E-state index is 0.0345. The summed E-state index contributed by atoms with van der Waals surface area (Å²) >= 11 is 12.4. The number of carbonyl (C=O) groups excluding carboxylic acids is 2. The molecule has 0 saturated heterocycles. The van der Waals surface area contributed by atoms with Crippen molar-refractivity contribution in [3.8, 4) is 0 Å². The Balaban J connectivity index is 0.000000211. The standard InChI is InChI=1S/2C16H16ClNO/c2*17-15(14-9-5-2-6-10-14)11-16(19)18-12-13-7-3-1-4-8-13/h2*1-10,15H,11-12H2,(H,18,19)/t2*15-/m11/s1. The topological polar surface area (TPSA) is 58.2 Å². The molecule has 0 aliphatic heterocycles. The average Bonchev–Trinajstić information content (AvgIpc) is 2.97. The Labute approximate surface area is 235 Å². The van der Waals surface area contributed by atoms with E-state index in [-0.39, 0.29) is 22.6 Å². The molecule has 6 heteroatoms. The van der Waals surface area contributed by atoms with Crippen LogP contribution in [0.5, 0.6) is 0 Å². The third-order valence-electron chi connectivity index (χ3n) is 5.72. The summed E-state index contributed by atoms with van der Waals surface area (Å²) < 4.78 is 0. The van der Waals surface area contributed by atoms with Gasteiger partial charge in [0.15, 0.2) is 0 Å². The summed E-state index contributed by atoms with van der Waals surface area (Å²) in [5.74, 6) is -0.0691. The number of hydrogen-bond donors (Lipinski definition) is 2. The number of hydrogen-bond acceptors (Lipinski definition) is 2. The molecule has 0 aromatic heterocycles. The quantitative estimate of drug-likeness (QED) is 0.204. The van der Waals surface area contributed by atoms with E-state index in [0.29, 0.717) is 25.9 Å². The van der Waals surface area contributed by atoms with E-state index in [0.717, 1.165) is 22.3 Å². The first-order chi connectivity index (χ1) is 18.5. The predicted molar refractivity (Wildman–Crippen MR) is 156 cm³/mol. The first kappa shape index (κ1) is 29.0. The van der Waals surface area contributed by atoms with Gasteiger partial charge in [0.25, 0.3) is 0 Å². The minimum atomic E-state index is -0.281. The van der Waals surface area contributed by atoms with Crippen molar-refractivity contribution >= 4 is 35.0 Å². The lowest BCUT2D eigenvalue weighted by atomic mass is 10.1. The Morgan fingerprint density at radius 1 is 0.500 bits per heavy atom. The fraction of sp³-hybridized carbons (Fsp3) is 0.188. The lowest BCUT2D eigenvalue weighted by Gasteiger charge is -2.10. The number of carbonyl (C=O) groups is 2. The molecule has 0 radical (unpaired) electrons.